The molecule has 636 valence electrons. The molecule has 6 aliphatic heterocycles. The van der Waals surface area contributed by atoms with Crippen LogP contribution in [0, 0.1) is 34.0 Å². The molecule has 9 heterocycles. The summed E-state index contributed by atoms with van der Waals surface area (Å²) in [6.45, 7) is 34.6. The van der Waals surface area contributed by atoms with Gasteiger partial charge < -0.3 is 44.2 Å². The molecule has 6 aliphatic rings. The van der Waals surface area contributed by atoms with Crippen LogP contribution in [0.25, 0.3) is 0 Å². The fraction of sp³-hybridized carbons (Fsp3) is 0.586. The lowest BCUT2D eigenvalue weighted by Gasteiger charge is -2.49. The highest BCUT2D eigenvalue weighted by Gasteiger charge is 2.47. The third-order valence-corrected chi connectivity index (χ3v) is 24.7. The van der Waals surface area contributed by atoms with E-state index in [0.717, 1.165) is 131 Å². The molecule has 3 N–H and O–H groups in total. The first-order valence-electron chi connectivity index (χ1n) is 41.6. The van der Waals surface area contributed by atoms with Gasteiger partial charge in [0.2, 0.25) is 17.7 Å². The van der Waals surface area contributed by atoms with Crippen molar-refractivity contribution in [2.75, 3.05) is 98.2 Å². The molecule has 117 heavy (non-hydrogen) atoms. The third-order valence-electron chi connectivity index (χ3n) is 24.7. The van der Waals surface area contributed by atoms with Gasteiger partial charge >= 0.3 is 39.7 Å². The maximum atomic E-state index is 13.6. The topological polar surface area (TPSA) is 180 Å². The summed E-state index contributed by atoms with van der Waals surface area (Å²) < 4.78 is 119. The predicted molar refractivity (Wildman–Crippen MR) is 440 cm³/mol. The Labute approximate surface area is 687 Å². The number of hydrogen-bond donors (Lipinski definition) is 3. The highest BCUT2D eigenvalue weighted by molar-refractivity contribution is 6.45. The Morgan fingerprint density at radius 1 is 0.350 bits per heavy atom. The molecule has 3 aromatic heterocycles. The lowest BCUT2D eigenvalue weighted by atomic mass is 9.80. The molecule has 30 heteroatoms. The van der Waals surface area contributed by atoms with E-state index >= 15 is 0 Å². The number of pyridine rings is 3. The Morgan fingerprint density at radius 2 is 0.573 bits per heavy atom. The van der Waals surface area contributed by atoms with E-state index < -0.39 is 56.4 Å². The van der Waals surface area contributed by atoms with Crippen LogP contribution in [0.3, 0.4) is 0 Å². The van der Waals surface area contributed by atoms with Gasteiger partial charge in [-0.05, 0) is 185 Å². The van der Waals surface area contributed by atoms with Gasteiger partial charge in [-0.25, -0.2) is 0 Å². The summed E-state index contributed by atoms with van der Waals surface area (Å²) in [6, 6.07) is 35.8. The number of rotatable bonds is 18. The monoisotopic (exact) mass is 1630 g/mol. The number of halogens is 9. The van der Waals surface area contributed by atoms with Crippen LogP contribution in [0.15, 0.2) is 146 Å². The molecule has 3 aromatic carbocycles. The zero-order valence-corrected chi connectivity index (χ0v) is 70.1. The van der Waals surface area contributed by atoms with Crippen LogP contribution >= 0.6 is 0 Å². The number of piperidine rings is 3. The molecule has 6 atom stereocenters. The summed E-state index contributed by atoms with van der Waals surface area (Å²) in [5.74, 6) is 1.40. The normalized spacial score (nSPS) is 21.1. The fourth-order valence-electron chi connectivity index (χ4n) is 17.7. The molecule has 0 bridgehead atoms. The Kier molecular flexibility index (Phi) is 31.1. The van der Waals surface area contributed by atoms with Gasteiger partial charge in [-0.3, -0.25) is 44.0 Å². The number of aromatic nitrogens is 3. The van der Waals surface area contributed by atoms with Gasteiger partial charge in [0.1, 0.15) is 0 Å². The standard InChI is InChI=1S/3C29H40BF3N4O2/c3*1-28(2,3)25-20-35(16-17-37(25)26(38)18-21-12-14-36(15-13-21)30(4)39)27(22-8-6-5-7-9-22)24-11-10-23(19-34-24)29(31,32)33/h3*5-11,19,21,25,27,39H,12-18,20H2,1-4H3/t3*25-,27?/m111/s1. The van der Waals surface area contributed by atoms with Crippen LogP contribution in [0.2, 0.25) is 20.5 Å². The van der Waals surface area contributed by atoms with Crippen LogP contribution in [-0.4, -0.2) is 229 Å². The van der Waals surface area contributed by atoms with Gasteiger partial charge in [0.25, 0.3) is 0 Å². The van der Waals surface area contributed by atoms with E-state index in [1.165, 1.54) is 18.2 Å². The Morgan fingerprint density at radius 3 is 0.752 bits per heavy atom. The van der Waals surface area contributed by atoms with Crippen molar-refractivity contribution in [1.82, 2.24) is 58.8 Å². The van der Waals surface area contributed by atoms with Crippen molar-refractivity contribution in [3.63, 3.8) is 0 Å². The molecule has 3 amide bonds. The highest BCUT2D eigenvalue weighted by Crippen LogP contribution is 2.42. The van der Waals surface area contributed by atoms with Crippen molar-refractivity contribution >= 4 is 38.9 Å². The van der Waals surface area contributed by atoms with Crippen molar-refractivity contribution in [3.05, 3.63) is 196 Å². The van der Waals surface area contributed by atoms with Gasteiger partial charge in [-0.15, -0.1) is 0 Å². The average molecular weight is 1630 g/mol. The number of carbonyl (C=O) groups is 3. The van der Waals surface area contributed by atoms with Crippen LogP contribution in [0.1, 0.15) is 189 Å². The van der Waals surface area contributed by atoms with E-state index in [1.54, 1.807) is 20.5 Å². The molecule has 3 unspecified atom stereocenters. The van der Waals surface area contributed by atoms with Crippen LogP contribution in [0.4, 0.5) is 39.5 Å². The quantitative estimate of drug-likeness (QED) is 0.0546. The molecular formula is C87H120B3F9N12O6. The highest BCUT2D eigenvalue weighted by atomic mass is 19.4. The number of carbonyl (C=O) groups excluding carboxylic acids is 3. The number of alkyl halides is 9. The molecule has 0 radical (unpaired) electrons. The second kappa shape index (κ2) is 39.5. The van der Waals surface area contributed by atoms with Gasteiger partial charge in [0, 0.05) is 115 Å². The van der Waals surface area contributed by atoms with Crippen LogP contribution < -0.4 is 0 Å². The number of nitrogens with zero attached hydrogens (tertiary/aromatic N) is 12. The van der Waals surface area contributed by atoms with Crippen molar-refractivity contribution in [1.29, 1.82) is 0 Å². The SMILES string of the molecule is CB(O)N1CCC(CC(=O)N2CCN(C(c3ccccc3)c3ccc(C(F)(F)F)cn3)C[C@@H]2C(C)(C)C)CC1.CB(O)N1CCC(CC(=O)N2CCN(C(c3ccccc3)c3ccc(C(F)(F)F)cn3)C[C@@H]2C(C)(C)C)CC1.CB(O)N1CCC(CC(=O)N2CCN(C(c3ccccc3)c3ccc(C(F)(F)F)cn3)C[C@@H]2C(C)(C)C)CC1. The minimum absolute atomic E-state index is 0.0584. The number of benzene rings is 3. The second-order valence-electron chi connectivity index (χ2n) is 36.2. The first kappa shape index (κ1) is 92.0. The maximum Gasteiger partial charge on any atom is 0.417 e. The smallest absolute Gasteiger partial charge is 0.417 e. The molecule has 0 saturated carbocycles. The van der Waals surface area contributed by atoms with Crippen molar-refractivity contribution in [3.8, 4) is 0 Å². The second-order valence-corrected chi connectivity index (χ2v) is 36.2. The summed E-state index contributed by atoms with van der Waals surface area (Å²) >= 11 is 0. The minimum Gasteiger partial charge on any atom is -0.437 e. The Balaban J connectivity index is 0.000000185. The molecular weight excluding hydrogens is 1510 g/mol. The molecule has 6 aromatic rings. The first-order valence-corrected chi connectivity index (χ1v) is 41.6. The van der Waals surface area contributed by atoms with Gasteiger partial charge in [0.05, 0.1) is 51.9 Å². The lowest BCUT2D eigenvalue weighted by molar-refractivity contribution is -0.142. The summed E-state index contributed by atoms with van der Waals surface area (Å²) in [5.41, 5.74) is 1.69. The summed E-state index contributed by atoms with van der Waals surface area (Å²) in [7, 11) is -1.38. The van der Waals surface area contributed by atoms with E-state index in [4.69, 9.17) is 0 Å². The summed E-state index contributed by atoms with van der Waals surface area (Å²) in [4.78, 5) is 72.6. The van der Waals surface area contributed by atoms with E-state index in [1.807, 2.05) is 120 Å². The van der Waals surface area contributed by atoms with E-state index in [-0.39, 0.29) is 70.2 Å². The van der Waals surface area contributed by atoms with Gasteiger partial charge in [0.15, 0.2) is 0 Å². The zero-order chi connectivity index (χ0) is 85.1. The molecule has 6 saturated heterocycles. The molecule has 0 aliphatic carbocycles. The molecule has 18 nitrogen and oxygen atoms in total. The molecule has 0 spiro atoms. The summed E-state index contributed by atoms with van der Waals surface area (Å²) in [5, 5.41) is 29.5. The fourth-order valence-corrected chi connectivity index (χ4v) is 17.7. The number of hydrogen-bond acceptors (Lipinski definition) is 15. The first-order chi connectivity index (χ1) is 55.0. The number of piperazine rings is 3. The van der Waals surface area contributed by atoms with Crippen molar-refractivity contribution in [2.24, 2.45) is 34.0 Å². The van der Waals surface area contributed by atoms with E-state index in [9.17, 15) is 69.0 Å². The molecule has 12 rings (SSSR count). The summed E-state index contributed by atoms with van der Waals surface area (Å²) in [6.07, 6.45) is -3.71. The molecule has 6 fully saturated rings. The minimum atomic E-state index is -4.44. The van der Waals surface area contributed by atoms with Crippen LogP contribution in [0.5, 0.6) is 0 Å². The zero-order valence-electron chi connectivity index (χ0n) is 70.1. The lowest BCUT2D eigenvalue weighted by Crippen LogP contribution is -2.60. The van der Waals surface area contributed by atoms with Gasteiger partial charge in [-0.2, -0.15) is 39.5 Å². The third kappa shape index (κ3) is 24.7. The number of amides is 3. The van der Waals surface area contributed by atoms with E-state index in [2.05, 4.69) is 92.0 Å². The predicted octanol–water partition coefficient (Wildman–Crippen LogP) is 14.9. The Bertz CT molecular complexity index is 3670. The van der Waals surface area contributed by atoms with Crippen molar-refractivity contribution < 1.29 is 69.0 Å². The van der Waals surface area contributed by atoms with Gasteiger partial charge in [-0.1, -0.05) is 153 Å². The maximum absolute atomic E-state index is 13.6. The van der Waals surface area contributed by atoms with Crippen molar-refractivity contribution in [2.45, 2.75) is 195 Å². The average Bonchev–Trinajstić information content (AvgIpc) is 0.783. The largest absolute Gasteiger partial charge is 0.437 e. The van der Waals surface area contributed by atoms with E-state index in [0.29, 0.717) is 113 Å². The Hall–Kier alpha value is -7.28. The van der Waals surface area contributed by atoms with Crippen LogP contribution in [-0.2, 0) is 32.9 Å².